The van der Waals surface area contributed by atoms with E-state index < -0.39 is 5.91 Å². The smallest absolute Gasteiger partial charge is 0.252 e. The van der Waals surface area contributed by atoms with Gasteiger partial charge in [0.2, 0.25) is 5.91 Å². The van der Waals surface area contributed by atoms with E-state index in [-0.39, 0.29) is 39.2 Å². The Morgan fingerprint density at radius 1 is 0.895 bits per heavy atom. The highest BCUT2D eigenvalue weighted by molar-refractivity contribution is 8.27. The first-order valence-electron chi connectivity index (χ1n) is 11.3. The van der Waals surface area contributed by atoms with Crippen LogP contribution in [0.5, 0.6) is 11.5 Å². The Kier molecular flexibility index (Phi) is 13.5. The van der Waals surface area contributed by atoms with Gasteiger partial charge in [0.1, 0.15) is 11.5 Å². The number of amidine groups is 2. The van der Waals surface area contributed by atoms with Crippen molar-refractivity contribution in [2.75, 3.05) is 25.7 Å². The molecule has 0 heterocycles. The van der Waals surface area contributed by atoms with Gasteiger partial charge in [-0.2, -0.15) is 16.8 Å². The average molecular weight is 575 g/mol. The summed E-state index contributed by atoms with van der Waals surface area (Å²) < 4.78 is 10.5. The number of nitrogens with two attached hydrogens (primary N) is 1. The highest BCUT2D eigenvalue weighted by atomic mass is 32.2. The van der Waals surface area contributed by atoms with Gasteiger partial charge in [0, 0.05) is 23.3 Å². The largest absolute Gasteiger partial charge is 0.496 e. The van der Waals surface area contributed by atoms with Gasteiger partial charge in [0.25, 0.3) is 5.91 Å². The van der Waals surface area contributed by atoms with Crippen molar-refractivity contribution in [3.05, 3.63) is 59.7 Å². The fourth-order valence-corrected chi connectivity index (χ4v) is 5.38. The zero-order chi connectivity index (χ0) is 27.9. The first kappa shape index (κ1) is 30.9. The molecule has 0 atom stereocenters. The van der Waals surface area contributed by atoms with Crippen LogP contribution in [0, 0.1) is 16.2 Å². The van der Waals surface area contributed by atoms with Crippen molar-refractivity contribution in [3.8, 4) is 11.5 Å². The molecule has 0 saturated carbocycles. The minimum Gasteiger partial charge on any atom is -0.496 e. The summed E-state index contributed by atoms with van der Waals surface area (Å²) in [4.78, 5) is 28.3. The summed E-state index contributed by atoms with van der Waals surface area (Å²) in [6, 6.07) is 14.3. The number of amides is 2. The maximum atomic E-state index is 12.2. The van der Waals surface area contributed by atoms with Crippen LogP contribution in [0.3, 0.4) is 0 Å². The first-order valence-corrected chi connectivity index (χ1v) is 14.1. The third kappa shape index (κ3) is 11.4. The number of ether oxygens (including phenoxy) is 2. The molecule has 0 aliphatic carbocycles. The Labute approximate surface area is 234 Å². The minimum absolute atomic E-state index is 0.000471. The molecule has 10 nitrogen and oxygen atoms in total. The number of carbonyl (C=O) groups is 2. The van der Waals surface area contributed by atoms with Crippen LogP contribution in [-0.2, 0) is 22.4 Å². The summed E-state index contributed by atoms with van der Waals surface area (Å²) in [5.74, 6) is 1.28. The van der Waals surface area contributed by atoms with Crippen LogP contribution in [0.15, 0.2) is 53.5 Å². The first-order chi connectivity index (χ1) is 18.2. The highest BCUT2D eigenvalue weighted by Crippen LogP contribution is 2.20. The number of carbonyl (C=O) groups excluding carboxylic acids is 2. The molecule has 0 aliphatic rings. The molecule has 6 N–H and O–H groups in total. The molecule has 13 heteroatoms. The van der Waals surface area contributed by atoms with E-state index in [0.29, 0.717) is 40.6 Å². The number of nitrogens with one attached hydrogen (secondary N) is 4. The van der Waals surface area contributed by atoms with Gasteiger partial charge in [-0.25, -0.2) is 0 Å². The SMILES string of the molecule is COc1ccccc1CC(=O)N=C(N)SC(=N)CCSCC(=N)SC(=N)NC(=O)Cc1ccccc1OC. The highest BCUT2D eigenvalue weighted by Gasteiger charge is 2.13. The molecular weight excluding hydrogens is 545 g/mol. The fourth-order valence-electron chi connectivity index (χ4n) is 3.08. The third-order valence-electron chi connectivity index (χ3n) is 4.73. The lowest BCUT2D eigenvalue weighted by Crippen LogP contribution is -2.30. The van der Waals surface area contributed by atoms with Gasteiger partial charge in [-0.05, 0) is 41.4 Å². The molecule has 0 spiro atoms. The molecule has 0 bridgehead atoms. The van der Waals surface area contributed by atoms with Gasteiger partial charge in [-0.1, -0.05) is 36.4 Å². The molecule has 0 aromatic heterocycles. The Hall–Kier alpha value is -3.29. The van der Waals surface area contributed by atoms with E-state index in [1.807, 2.05) is 12.1 Å². The molecule has 2 amide bonds. The van der Waals surface area contributed by atoms with Gasteiger partial charge in [0.15, 0.2) is 10.3 Å². The number of hydrogen-bond donors (Lipinski definition) is 5. The van der Waals surface area contributed by atoms with E-state index in [4.69, 9.17) is 31.4 Å². The lowest BCUT2D eigenvalue weighted by atomic mass is 10.1. The quantitative estimate of drug-likeness (QED) is 0.152. The Morgan fingerprint density at radius 2 is 1.47 bits per heavy atom. The van der Waals surface area contributed by atoms with E-state index in [1.165, 1.54) is 26.0 Å². The molecule has 0 fully saturated rings. The summed E-state index contributed by atoms with van der Waals surface area (Å²) in [6.45, 7) is 0. The minimum atomic E-state index is -0.426. The molecule has 0 aliphatic heterocycles. The summed E-state index contributed by atoms with van der Waals surface area (Å²) in [7, 11) is 3.06. The molecule has 38 heavy (non-hydrogen) atoms. The van der Waals surface area contributed by atoms with Crippen LogP contribution in [0.1, 0.15) is 17.5 Å². The molecule has 2 rings (SSSR count). The van der Waals surface area contributed by atoms with Crippen molar-refractivity contribution in [1.82, 2.24) is 5.32 Å². The van der Waals surface area contributed by atoms with Crippen molar-refractivity contribution in [2.24, 2.45) is 10.7 Å². The van der Waals surface area contributed by atoms with E-state index in [2.05, 4.69) is 10.3 Å². The Bertz CT molecular complexity index is 1210. The van der Waals surface area contributed by atoms with Gasteiger partial charge in [-0.15, -0.1) is 0 Å². The molecule has 0 unspecified atom stereocenters. The van der Waals surface area contributed by atoms with Crippen molar-refractivity contribution >= 4 is 67.5 Å². The van der Waals surface area contributed by atoms with E-state index in [1.54, 1.807) is 36.4 Å². The number of benzene rings is 2. The molecule has 202 valence electrons. The predicted molar refractivity (Wildman–Crippen MR) is 158 cm³/mol. The summed E-state index contributed by atoms with van der Waals surface area (Å²) in [5.41, 5.74) is 7.24. The number of aliphatic imine (C=N–C) groups is 1. The second-order valence-corrected chi connectivity index (χ2v) is 10.9. The maximum absolute atomic E-state index is 12.2. The van der Waals surface area contributed by atoms with Crippen LogP contribution in [0.4, 0.5) is 0 Å². The second-order valence-electron chi connectivity index (χ2n) is 7.55. The zero-order valence-corrected chi connectivity index (χ0v) is 23.5. The normalized spacial score (nSPS) is 10.9. The second kappa shape index (κ2) is 16.5. The van der Waals surface area contributed by atoms with Crippen molar-refractivity contribution in [1.29, 1.82) is 16.2 Å². The predicted octanol–water partition coefficient (Wildman–Crippen LogP) is 3.93. The number of methoxy groups -OCH3 is 2. The van der Waals surface area contributed by atoms with Crippen LogP contribution in [0.2, 0.25) is 0 Å². The number of nitrogens with zero attached hydrogens (tertiary/aromatic N) is 1. The van der Waals surface area contributed by atoms with Crippen LogP contribution in [-0.4, -0.2) is 58.0 Å². The number of para-hydroxylation sites is 2. The zero-order valence-electron chi connectivity index (χ0n) is 21.0. The van der Waals surface area contributed by atoms with E-state index in [0.717, 1.165) is 23.5 Å². The summed E-state index contributed by atoms with van der Waals surface area (Å²) in [5, 5.41) is 26.8. The maximum Gasteiger partial charge on any atom is 0.252 e. The van der Waals surface area contributed by atoms with E-state index in [9.17, 15) is 9.59 Å². The number of rotatable bonds is 11. The molecule has 0 saturated heterocycles. The van der Waals surface area contributed by atoms with Crippen molar-refractivity contribution < 1.29 is 19.1 Å². The molecule has 0 radical (unpaired) electrons. The standard InChI is InChI=1S/C25H30N6O4S3/c1-34-18-9-5-3-7-16(18)13-22(32)30-24(28)37-20(26)11-12-36-15-21(27)38-25(29)31-23(33)14-17-8-4-6-10-19(17)35-2/h3-10,26-27H,11-15H2,1-2H3,(H2,28,30,32)(H2,29,31,33). The van der Waals surface area contributed by atoms with Crippen molar-refractivity contribution in [3.63, 3.8) is 0 Å². The number of thioether (sulfide) groups is 3. The summed E-state index contributed by atoms with van der Waals surface area (Å²) in [6.07, 6.45) is 0.495. The van der Waals surface area contributed by atoms with Gasteiger partial charge >= 0.3 is 0 Å². The molecular formula is C25H30N6O4S3. The van der Waals surface area contributed by atoms with Gasteiger partial charge < -0.3 is 20.5 Å². The van der Waals surface area contributed by atoms with Crippen molar-refractivity contribution in [2.45, 2.75) is 19.3 Å². The number of hydrogen-bond acceptors (Lipinski definition) is 10. The Balaban J connectivity index is 1.65. The molecule has 2 aromatic carbocycles. The summed E-state index contributed by atoms with van der Waals surface area (Å²) >= 11 is 3.21. The van der Waals surface area contributed by atoms with E-state index >= 15 is 0 Å². The van der Waals surface area contributed by atoms with Gasteiger partial charge in [0.05, 0.1) is 37.1 Å². The third-order valence-corrected chi connectivity index (χ3v) is 7.34. The lowest BCUT2D eigenvalue weighted by Gasteiger charge is -2.10. The lowest BCUT2D eigenvalue weighted by molar-refractivity contribution is -0.119. The van der Waals surface area contributed by atoms with Crippen LogP contribution < -0.4 is 20.5 Å². The van der Waals surface area contributed by atoms with Crippen LogP contribution in [0.25, 0.3) is 0 Å². The topological polar surface area (TPSA) is 175 Å². The molecule has 2 aromatic rings. The van der Waals surface area contributed by atoms with Gasteiger partial charge in [-0.3, -0.25) is 25.8 Å². The fraction of sp³-hybridized carbons (Fsp3) is 0.280. The Morgan fingerprint density at radius 3 is 2.08 bits per heavy atom. The monoisotopic (exact) mass is 574 g/mol. The average Bonchev–Trinajstić information content (AvgIpc) is 2.86. The van der Waals surface area contributed by atoms with Crippen LogP contribution >= 0.6 is 35.3 Å².